The summed E-state index contributed by atoms with van der Waals surface area (Å²) in [5.74, 6) is 0.401. The van der Waals surface area contributed by atoms with Crippen LogP contribution in [-0.4, -0.2) is 41.5 Å². The average molecular weight is 533 g/mol. The van der Waals surface area contributed by atoms with Gasteiger partial charge in [0.1, 0.15) is 5.75 Å². The summed E-state index contributed by atoms with van der Waals surface area (Å²) < 4.78 is 6.42. The molecule has 1 heterocycles. The molecule has 2 aromatic carbocycles. The Kier molecular flexibility index (Phi) is 9.69. The van der Waals surface area contributed by atoms with Crippen LogP contribution in [0.15, 0.2) is 46.9 Å². The number of carbonyl (C=O) groups is 2. The maximum absolute atomic E-state index is 12.9. The Balaban J connectivity index is 1.58. The highest BCUT2D eigenvalue weighted by atomic mass is 79.9. The zero-order valence-corrected chi connectivity index (χ0v) is 21.3. The Morgan fingerprint density at radius 3 is 2.52 bits per heavy atom. The van der Waals surface area contributed by atoms with E-state index in [1.165, 1.54) is 12.8 Å². The quantitative estimate of drug-likeness (QED) is 0.350. The number of hydrogen-bond acceptors (Lipinski definition) is 4. The Bertz CT molecular complexity index is 991. The summed E-state index contributed by atoms with van der Waals surface area (Å²) in [5.41, 5.74) is 1.72. The van der Waals surface area contributed by atoms with Crippen LogP contribution in [0.25, 0.3) is 0 Å². The van der Waals surface area contributed by atoms with Crippen LogP contribution < -0.4 is 15.4 Å². The molecular formula is C25H30BrN3O3S. The fraction of sp³-hybridized carbons (Fsp3) is 0.400. The number of ether oxygens (including phenoxy) is 1. The average Bonchev–Trinajstić information content (AvgIpc) is 3.09. The van der Waals surface area contributed by atoms with Crippen LogP contribution in [0.1, 0.15) is 66.2 Å². The van der Waals surface area contributed by atoms with E-state index in [1.54, 1.807) is 24.3 Å². The number of halogens is 1. The minimum atomic E-state index is -0.329. The van der Waals surface area contributed by atoms with Crippen LogP contribution in [0.3, 0.4) is 0 Å². The number of nitrogens with zero attached hydrogens (tertiary/aromatic N) is 1. The number of anilines is 1. The summed E-state index contributed by atoms with van der Waals surface area (Å²) in [4.78, 5) is 27.4. The third-order valence-electron chi connectivity index (χ3n) is 5.44. The van der Waals surface area contributed by atoms with Gasteiger partial charge in [0.15, 0.2) is 5.11 Å². The van der Waals surface area contributed by atoms with Crippen molar-refractivity contribution in [2.75, 3.05) is 25.0 Å². The van der Waals surface area contributed by atoms with Crippen molar-refractivity contribution in [3.8, 4) is 5.75 Å². The van der Waals surface area contributed by atoms with Crippen molar-refractivity contribution >= 4 is 50.8 Å². The van der Waals surface area contributed by atoms with Gasteiger partial charge in [-0.15, -0.1) is 0 Å². The van der Waals surface area contributed by atoms with Crippen molar-refractivity contribution in [2.45, 2.75) is 45.4 Å². The smallest absolute Gasteiger partial charge is 0.257 e. The molecule has 0 unspecified atom stereocenters. The van der Waals surface area contributed by atoms with Gasteiger partial charge in [-0.1, -0.05) is 32.3 Å². The number of hydrogen-bond donors (Lipinski definition) is 2. The molecule has 0 aromatic heterocycles. The lowest BCUT2D eigenvalue weighted by Crippen LogP contribution is -2.34. The van der Waals surface area contributed by atoms with Crippen molar-refractivity contribution in [2.24, 2.45) is 0 Å². The number of carbonyl (C=O) groups excluding carboxylic acids is 2. The molecule has 6 nitrogen and oxygen atoms in total. The van der Waals surface area contributed by atoms with Crippen LogP contribution in [0.4, 0.5) is 5.69 Å². The second-order valence-corrected chi connectivity index (χ2v) is 9.31. The molecule has 0 atom stereocenters. The topological polar surface area (TPSA) is 70.7 Å². The first kappa shape index (κ1) is 25.2. The summed E-state index contributed by atoms with van der Waals surface area (Å²) in [5, 5.41) is 5.86. The number of nitrogens with one attached hydrogen (secondary N) is 2. The summed E-state index contributed by atoms with van der Waals surface area (Å²) in [6.07, 6.45) is 6.45. The third-order valence-corrected chi connectivity index (χ3v) is 6.26. The fourth-order valence-corrected chi connectivity index (χ4v) is 4.31. The van der Waals surface area contributed by atoms with Crippen LogP contribution >= 0.6 is 28.1 Å². The fourth-order valence-electron chi connectivity index (χ4n) is 3.61. The summed E-state index contributed by atoms with van der Waals surface area (Å²) in [6, 6.07) is 12.4. The lowest BCUT2D eigenvalue weighted by atomic mass is 10.1. The molecule has 1 saturated heterocycles. The van der Waals surface area contributed by atoms with Gasteiger partial charge >= 0.3 is 0 Å². The van der Waals surface area contributed by atoms with Crippen molar-refractivity contribution < 1.29 is 14.3 Å². The van der Waals surface area contributed by atoms with Crippen molar-refractivity contribution in [1.82, 2.24) is 10.2 Å². The van der Waals surface area contributed by atoms with E-state index in [4.69, 9.17) is 17.0 Å². The number of benzene rings is 2. The predicted octanol–water partition coefficient (Wildman–Crippen LogP) is 5.77. The minimum Gasteiger partial charge on any atom is -0.492 e. The van der Waals surface area contributed by atoms with Crippen molar-refractivity contribution in [1.29, 1.82) is 0 Å². The summed E-state index contributed by atoms with van der Waals surface area (Å²) in [7, 11) is 0. The van der Waals surface area contributed by atoms with E-state index in [2.05, 4.69) is 33.5 Å². The summed E-state index contributed by atoms with van der Waals surface area (Å²) >= 11 is 8.78. The molecule has 1 aliphatic heterocycles. The van der Waals surface area contributed by atoms with Gasteiger partial charge in [-0.3, -0.25) is 14.9 Å². The Morgan fingerprint density at radius 2 is 1.82 bits per heavy atom. The summed E-state index contributed by atoms with van der Waals surface area (Å²) in [6.45, 7) is 4.33. The lowest BCUT2D eigenvalue weighted by Gasteiger charge is -2.20. The SMILES string of the molecule is CCCCOc1ccc(C(=O)NC(=S)Nc2cccc(C(=O)N3CCCCCC3)c2)cc1Br. The minimum absolute atomic E-state index is 0.0293. The maximum atomic E-state index is 12.9. The number of amides is 2. The molecule has 1 aliphatic rings. The monoisotopic (exact) mass is 531 g/mol. The molecule has 0 aliphatic carbocycles. The molecule has 1 fully saturated rings. The molecule has 0 saturated carbocycles. The first-order valence-electron chi connectivity index (χ1n) is 11.4. The molecular weight excluding hydrogens is 502 g/mol. The van der Waals surface area contributed by atoms with Crippen LogP contribution in [0.2, 0.25) is 0 Å². The standard InChI is InChI=1S/C25H30BrN3O3S/c1-2-3-15-32-22-12-11-18(17-21(22)26)23(30)28-25(33)27-20-10-8-9-19(16-20)24(31)29-13-6-4-5-7-14-29/h8-12,16-17H,2-7,13-15H2,1H3,(H2,27,28,30,33). The Morgan fingerprint density at radius 1 is 1.06 bits per heavy atom. The number of likely N-dealkylation sites (tertiary alicyclic amines) is 1. The molecule has 0 spiro atoms. The third kappa shape index (κ3) is 7.54. The number of unbranched alkanes of at least 4 members (excludes halogenated alkanes) is 1. The number of rotatable bonds is 7. The van der Waals surface area contributed by atoms with Gasteiger partial charge in [0.25, 0.3) is 11.8 Å². The second kappa shape index (κ2) is 12.7. The van der Waals surface area contributed by atoms with E-state index in [9.17, 15) is 9.59 Å². The van der Waals surface area contributed by atoms with Crippen molar-refractivity contribution in [3.63, 3.8) is 0 Å². The molecule has 8 heteroatoms. The van der Waals surface area contributed by atoms with Gasteiger partial charge in [0.05, 0.1) is 11.1 Å². The highest BCUT2D eigenvalue weighted by Crippen LogP contribution is 2.26. The number of thiocarbonyl (C=S) groups is 1. The van der Waals surface area contributed by atoms with E-state index >= 15 is 0 Å². The molecule has 33 heavy (non-hydrogen) atoms. The molecule has 2 N–H and O–H groups in total. The highest BCUT2D eigenvalue weighted by Gasteiger charge is 2.18. The highest BCUT2D eigenvalue weighted by molar-refractivity contribution is 9.10. The largest absolute Gasteiger partial charge is 0.492 e. The Labute approximate surface area is 209 Å². The molecule has 176 valence electrons. The predicted molar refractivity (Wildman–Crippen MR) is 139 cm³/mol. The van der Waals surface area contributed by atoms with Gasteiger partial charge in [0, 0.05) is 29.9 Å². The lowest BCUT2D eigenvalue weighted by molar-refractivity contribution is 0.0761. The van der Waals surface area contributed by atoms with Gasteiger partial charge in [-0.05, 0) is 83.8 Å². The molecule has 3 rings (SSSR count). The first-order valence-corrected chi connectivity index (χ1v) is 12.6. The van der Waals surface area contributed by atoms with E-state index in [-0.39, 0.29) is 16.9 Å². The molecule has 0 bridgehead atoms. The van der Waals surface area contributed by atoms with E-state index < -0.39 is 0 Å². The Hall–Kier alpha value is -2.45. The van der Waals surface area contributed by atoms with E-state index in [0.717, 1.165) is 38.8 Å². The van der Waals surface area contributed by atoms with Gasteiger partial charge in [0.2, 0.25) is 0 Å². The second-order valence-electron chi connectivity index (χ2n) is 8.04. The zero-order chi connectivity index (χ0) is 23.6. The zero-order valence-electron chi connectivity index (χ0n) is 18.9. The van der Waals surface area contributed by atoms with Crippen LogP contribution in [0.5, 0.6) is 5.75 Å². The molecule has 2 amide bonds. The van der Waals surface area contributed by atoms with E-state index in [0.29, 0.717) is 33.6 Å². The molecule has 2 aromatic rings. The van der Waals surface area contributed by atoms with Gasteiger partial charge in [-0.2, -0.15) is 0 Å². The normalized spacial score (nSPS) is 13.7. The van der Waals surface area contributed by atoms with E-state index in [1.807, 2.05) is 23.1 Å². The van der Waals surface area contributed by atoms with Crippen molar-refractivity contribution in [3.05, 3.63) is 58.1 Å². The van der Waals surface area contributed by atoms with Crippen LogP contribution in [0, 0.1) is 0 Å². The first-order chi connectivity index (χ1) is 16.0. The molecule has 0 radical (unpaired) electrons. The van der Waals surface area contributed by atoms with Gasteiger partial charge in [-0.25, -0.2) is 0 Å². The maximum Gasteiger partial charge on any atom is 0.257 e. The van der Waals surface area contributed by atoms with Gasteiger partial charge < -0.3 is 15.0 Å². The van der Waals surface area contributed by atoms with Crippen LogP contribution in [-0.2, 0) is 0 Å².